The number of nitrogens with zero attached hydrogens (tertiary/aromatic N) is 2. The number of benzene rings is 12. The van der Waals surface area contributed by atoms with Crippen molar-refractivity contribution in [3.63, 3.8) is 0 Å². The Morgan fingerprint density at radius 1 is 0.253 bits per heavy atom. The first-order valence-electron chi connectivity index (χ1n) is 25.6. The van der Waals surface area contributed by atoms with Crippen LogP contribution < -0.4 is 4.90 Å². The summed E-state index contributed by atoms with van der Waals surface area (Å²) in [4.78, 5) is 2.36. The summed E-state index contributed by atoms with van der Waals surface area (Å²) in [6, 6.07) is 105. The van der Waals surface area contributed by atoms with Gasteiger partial charge in [-0.05, 0) is 158 Å². The first kappa shape index (κ1) is 43.8. The first-order chi connectivity index (χ1) is 37.2. The fraction of sp³-hybridized carbons (Fsp3) is 0. The SMILES string of the molecule is c1ccc(-c2ccc(N(c3ccc(-c4ccccc4)cc3)c3cccc(-c4cccc(-c5cc(-c6ccc7c(c6)c6ccccc6n7-c6ccccc6)cc(-c6cccc7c6oc6ccccc67)c5)c4)c3)cc2)cc1. The van der Waals surface area contributed by atoms with E-state index >= 15 is 0 Å². The fourth-order valence-corrected chi connectivity index (χ4v) is 11.1. The predicted molar refractivity (Wildman–Crippen MR) is 315 cm³/mol. The number of fused-ring (bicyclic) bond motifs is 6. The Labute approximate surface area is 436 Å². The fourth-order valence-electron chi connectivity index (χ4n) is 11.1. The van der Waals surface area contributed by atoms with E-state index in [2.05, 4.69) is 295 Å². The van der Waals surface area contributed by atoms with Crippen molar-refractivity contribution >= 4 is 60.8 Å². The zero-order chi connectivity index (χ0) is 49.7. The molecule has 0 saturated heterocycles. The van der Waals surface area contributed by atoms with Crippen LogP contribution in [-0.2, 0) is 0 Å². The van der Waals surface area contributed by atoms with E-state index in [1.165, 1.54) is 44.1 Å². The van der Waals surface area contributed by atoms with Crippen LogP contribution in [0.5, 0.6) is 0 Å². The van der Waals surface area contributed by atoms with Crippen LogP contribution in [0, 0.1) is 0 Å². The number of aromatic nitrogens is 1. The summed E-state index contributed by atoms with van der Waals surface area (Å²) in [5, 5.41) is 4.67. The molecule has 0 fully saturated rings. The zero-order valence-electron chi connectivity index (χ0n) is 41.0. The zero-order valence-corrected chi connectivity index (χ0v) is 41.0. The van der Waals surface area contributed by atoms with Crippen LogP contribution in [-0.4, -0.2) is 4.57 Å². The van der Waals surface area contributed by atoms with Crippen molar-refractivity contribution in [2.45, 2.75) is 0 Å². The number of hydrogen-bond acceptors (Lipinski definition) is 2. The number of para-hydroxylation sites is 4. The van der Waals surface area contributed by atoms with Gasteiger partial charge < -0.3 is 13.9 Å². The molecule has 14 aromatic rings. The van der Waals surface area contributed by atoms with Crippen LogP contribution in [0.15, 0.2) is 296 Å². The van der Waals surface area contributed by atoms with Gasteiger partial charge in [0.25, 0.3) is 0 Å². The Hall–Kier alpha value is -9.96. The molecule has 0 bridgehead atoms. The molecule has 3 nitrogen and oxygen atoms in total. The normalized spacial score (nSPS) is 11.5. The maximum absolute atomic E-state index is 6.70. The van der Waals surface area contributed by atoms with E-state index in [1.807, 2.05) is 6.07 Å². The smallest absolute Gasteiger partial charge is 0.143 e. The number of furan rings is 1. The molecule has 0 atom stereocenters. The summed E-state index contributed by atoms with van der Waals surface area (Å²) < 4.78 is 9.07. The molecule has 2 aromatic heterocycles. The van der Waals surface area contributed by atoms with E-state index in [0.717, 1.165) is 89.2 Å². The van der Waals surface area contributed by atoms with Gasteiger partial charge in [0, 0.05) is 49.9 Å². The average Bonchev–Trinajstić information content (AvgIpc) is 4.04. The van der Waals surface area contributed by atoms with Crippen molar-refractivity contribution in [1.29, 1.82) is 0 Å². The molecular formula is C72H48N2O. The minimum Gasteiger partial charge on any atom is -0.455 e. The maximum Gasteiger partial charge on any atom is 0.143 e. The molecule has 0 aliphatic rings. The predicted octanol–water partition coefficient (Wildman–Crippen LogP) is 20.2. The van der Waals surface area contributed by atoms with Gasteiger partial charge in [0.15, 0.2) is 0 Å². The van der Waals surface area contributed by atoms with Gasteiger partial charge in [-0.15, -0.1) is 0 Å². The lowest BCUT2D eigenvalue weighted by atomic mass is 9.91. The molecule has 0 spiro atoms. The summed E-state index contributed by atoms with van der Waals surface area (Å²) in [6.07, 6.45) is 0. The van der Waals surface area contributed by atoms with E-state index in [1.54, 1.807) is 0 Å². The Bertz CT molecular complexity index is 4300. The number of anilines is 3. The molecule has 14 rings (SSSR count). The van der Waals surface area contributed by atoms with E-state index in [9.17, 15) is 0 Å². The minimum atomic E-state index is 0.887. The second kappa shape index (κ2) is 18.6. The summed E-state index contributed by atoms with van der Waals surface area (Å²) in [5.41, 5.74) is 22.2. The van der Waals surface area contributed by atoms with Crippen molar-refractivity contribution in [2.75, 3.05) is 4.90 Å². The highest BCUT2D eigenvalue weighted by atomic mass is 16.3. The summed E-state index contributed by atoms with van der Waals surface area (Å²) >= 11 is 0. The highest BCUT2D eigenvalue weighted by Crippen LogP contribution is 2.43. The van der Waals surface area contributed by atoms with Crippen LogP contribution in [0.25, 0.3) is 116 Å². The molecule has 3 heteroatoms. The van der Waals surface area contributed by atoms with Crippen molar-refractivity contribution in [1.82, 2.24) is 4.57 Å². The highest BCUT2D eigenvalue weighted by Gasteiger charge is 2.19. The highest BCUT2D eigenvalue weighted by molar-refractivity contribution is 6.12. The van der Waals surface area contributed by atoms with Crippen LogP contribution >= 0.6 is 0 Å². The van der Waals surface area contributed by atoms with Gasteiger partial charge in [-0.3, -0.25) is 0 Å². The van der Waals surface area contributed by atoms with E-state index in [-0.39, 0.29) is 0 Å². The van der Waals surface area contributed by atoms with E-state index < -0.39 is 0 Å². The lowest BCUT2D eigenvalue weighted by Gasteiger charge is -2.26. The Morgan fingerprint density at radius 2 is 0.707 bits per heavy atom. The van der Waals surface area contributed by atoms with Gasteiger partial charge in [-0.1, -0.05) is 194 Å². The monoisotopic (exact) mass is 956 g/mol. The third-order valence-corrected chi connectivity index (χ3v) is 14.8. The molecule has 0 unspecified atom stereocenters. The third kappa shape index (κ3) is 8.04. The molecule has 0 radical (unpaired) electrons. The number of rotatable bonds is 10. The van der Waals surface area contributed by atoms with Gasteiger partial charge in [0.2, 0.25) is 0 Å². The second-order valence-electron chi connectivity index (χ2n) is 19.3. The molecule has 352 valence electrons. The second-order valence-corrected chi connectivity index (χ2v) is 19.3. The van der Waals surface area contributed by atoms with Crippen LogP contribution in [0.1, 0.15) is 0 Å². The standard InChI is InChI=1S/C72H48N2O/c1-4-17-49(18-5-1)51-33-38-61(39-34-51)73(62-40-35-52(36-41-62)50-19-6-2-7-20-50)63-26-15-23-55(47-63)53-21-14-22-54(43-53)57-44-58(46-59(45-57)64-29-16-30-67-66-28-11-13-32-71(66)75-72(64)67)56-37-42-70-68(48-56)65-27-10-12-31-69(65)74(70)60-24-8-3-9-25-60/h1-48H. The maximum atomic E-state index is 6.70. The molecule has 2 heterocycles. The van der Waals surface area contributed by atoms with Gasteiger partial charge in [-0.2, -0.15) is 0 Å². The van der Waals surface area contributed by atoms with Crippen molar-refractivity contribution < 1.29 is 4.42 Å². The summed E-state index contributed by atoms with van der Waals surface area (Å²) in [5.74, 6) is 0. The largest absolute Gasteiger partial charge is 0.455 e. The lowest BCUT2D eigenvalue weighted by molar-refractivity contribution is 0.670. The molecule has 0 aliphatic heterocycles. The third-order valence-electron chi connectivity index (χ3n) is 14.8. The van der Waals surface area contributed by atoms with Crippen LogP contribution in [0.3, 0.4) is 0 Å². The summed E-state index contributed by atoms with van der Waals surface area (Å²) in [6.45, 7) is 0. The van der Waals surface area contributed by atoms with Crippen LogP contribution in [0.4, 0.5) is 17.1 Å². The molecule has 0 saturated carbocycles. The number of hydrogen-bond donors (Lipinski definition) is 0. The molecule has 0 amide bonds. The Balaban J connectivity index is 0.894. The minimum absolute atomic E-state index is 0.887. The van der Waals surface area contributed by atoms with Gasteiger partial charge in [0.1, 0.15) is 11.2 Å². The summed E-state index contributed by atoms with van der Waals surface area (Å²) in [7, 11) is 0. The molecule has 0 aliphatic carbocycles. The lowest BCUT2D eigenvalue weighted by Crippen LogP contribution is -2.10. The molecule has 12 aromatic carbocycles. The van der Waals surface area contributed by atoms with Crippen molar-refractivity contribution in [3.05, 3.63) is 291 Å². The van der Waals surface area contributed by atoms with E-state index in [0.29, 0.717) is 0 Å². The molecular weight excluding hydrogens is 909 g/mol. The molecule has 0 N–H and O–H groups in total. The average molecular weight is 957 g/mol. The first-order valence-corrected chi connectivity index (χ1v) is 25.6. The van der Waals surface area contributed by atoms with E-state index in [4.69, 9.17) is 4.42 Å². The Kier molecular flexibility index (Phi) is 10.8. The van der Waals surface area contributed by atoms with Crippen molar-refractivity contribution in [3.8, 4) is 72.4 Å². The topological polar surface area (TPSA) is 21.3 Å². The van der Waals surface area contributed by atoms with Crippen molar-refractivity contribution in [2.24, 2.45) is 0 Å². The van der Waals surface area contributed by atoms with Gasteiger partial charge in [0.05, 0.1) is 11.0 Å². The molecule has 75 heavy (non-hydrogen) atoms. The quantitative estimate of drug-likeness (QED) is 0.136. The van der Waals surface area contributed by atoms with Crippen LogP contribution in [0.2, 0.25) is 0 Å². The Morgan fingerprint density at radius 3 is 1.39 bits per heavy atom. The van der Waals surface area contributed by atoms with Gasteiger partial charge in [-0.25, -0.2) is 0 Å². The van der Waals surface area contributed by atoms with Gasteiger partial charge >= 0.3 is 0 Å².